The fourth-order valence-corrected chi connectivity index (χ4v) is 4.45. The van der Waals surface area contributed by atoms with Gasteiger partial charge in [-0.05, 0) is 42.0 Å². The molecule has 4 rings (SSSR count). The van der Waals surface area contributed by atoms with E-state index in [-0.39, 0.29) is 17.3 Å². The highest BCUT2D eigenvalue weighted by Gasteiger charge is 2.26. The van der Waals surface area contributed by atoms with Crippen LogP contribution in [0.3, 0.4) is 0 Å². The molecule has 1 saturated carbocycles. The average molecular weight is 447 g/mol. The number of Topliss-reactive ketones (excluding diaryl/α,β-unsaturated/α-hetero) is 1. The van der Waals surface area contributed by atoms with Crippen molar-refractivity contribution in [3.05, 3.63) is 65.5 Å². The molecule has 33 heavy (non-hydrogen) atoms. The Balaban J connectivity index is 1.56. The standard InChI is InChI=1S/C26H30N4O3/c1-2-3-15-30-23(28-25(29-30)24(31)20-7-5-4-6-8-20)16-18-9-11-19(12-10-18)21-13-14-27-17-22(21)26(32)33/h9-14,17,20H,2-8,15-16H2,1H3,(H,32,33). The van der Waals surface area contributed by atoms with Crippen LogP contribution in [-0.4, -0.2) is 36.6 Å². The van der Waals surface area contributed by atoms with Crippen molar-refractivity contribution >= 4 is 11.8 Å². The lowest BCUT2D eigenvalue weighted by Gasteiger charge is -2.18. The molecule has 0 radical (unpaired) electrons. The van der Waals surface area contributed by atoms with Crippen LogP contribution in [0.15, 0.2) is 42.7 Å². The first-order chi connectivity index (χ1) is 16.1. The van der Waals surface area contributed by atoms with Crippen molar-refractivity contribution in [3.8, 4) is 11.1 Å². The topological polar surface area (TPSA) is 98.0 Å². The molecule has 0 bridgehead atoms. The third-order valence-corrected chi connectivity index (χ3v) is 6.35. The van der Waals surface area contributed by atoms with Gasteiger partial charge in [-0.2, -0.15) is 0 Å². The van der Waals surface area contributed by atoms with Gasteiger partial charge in [0.15, 0.2) is 0 Å². The van der Waals surface area contributed by atoms with Gasteiger partial charge in [-0.1, -0.05) is 56.9 Å². The molecule has 1 aromatic carbocycles. The number of carbonyl (C=O) groups is 2. The highest BCUT2D eigenvalue weighted by molar-refractivity contribution is 5.95. The molecule has 2 heterocycles. The van der Waals surface area contributed by atoms with Crippen molar-refractivity contribution in [3.63, 3.8) is 0 Å². The molecular formula is C26H30N4O3. The summed E-state index contributed by atoms with van der Waals surface area (Å²) in [5, 5.41) is 14.0. The van der Waals surface area contributed by atoms with E-state index >= 15 is 0 Å². The average Bonchev–Trinajstić information content (AvgIpc) is 3.25. The molecule has 0 aliphatic heterocycles. The number of unbranched alkanes of at least 4 members (excludes halogenated alkanes) is 1. The number of benzene rings is 1. The van der Waals surface area contributed by atoms with Gasteiger partial charge in [-0.15, -0.1) is 5.10 Å². The van der Waals surface area contributed by atoms with Crippen LogP contribution in [-0.2, 0) is 13.0 Å². The first-order valence-corrected chi connectivity index (χ1v) is 11.8. The lowest BCUT2D eigenvalue weighted by atomic mass is 9.86. The lowest BCUT2D eigenvalue weighted by molar-refractivity contribution is 0.0697. The molecule has 1 aliphatic rings. The molecule has 172 valence electrons. The third kappa shape index (κ3) is 5.35. The van der Waals surface area contributed by atoms with E-state index in [1.54, 1.807) is 12.3 Å². The van der Waals surface area contributed by atoms with Gasteiger partial charge in [0.05, 0.1) is 5.56 Å². The maximum atomic E-state index is 13.0. The molecule has 3 aromatic rings. The number of carboxylic acid groups (broad SMARTS) is 1. The maximum Gasteiger partial charge on any atom is 0.337 e. The van der Waals surface area contributed by atoms with Crippen LogP contribution in [0.2, 0.25) is 0 Å². The monoisotopic (exact) mass is 446 g/mol. The van der Waals surface area contributed by atoms with Gasteiger partial charge < -0.3 is 5.11 Å². The Bertz CT molecular complexity index is 1110. The van der Waals surface area contributed by atoms with Gasteiger partial charge in [-0.3, -0.25) is 9.78 Å². The van der Waals surface area contributed by atoms with E-state index in [4.69, 9.17) is 0 Å². The van der Waals surface area contributed by atoms with Gasteiger partial charge in [0.2, 0.25) is 11.6 Å². The predicted octanol–water partition coefficient (Wildman–Crippen LogP) is 5.19. The summed E-state index contributed by atoms with van der Waals surface area (Å²) in [5.41, 5.74) is 2.66. The molecule has 1 N–H and O–H groups in total. The predicted molar refractivity (Wildman–Crippen MR) is 125 cm³/mol. The summed E-state index contributed by atoms with van der Waals surface area (Å²) >= 11 is 0. The smallest absolute Gasteiger partial charge is 0.337 e. The van der Waals surface area contributed by atoms with Crippen molar-refractivity contribution < 1.29 is 14.7 Å². The number of pyridine rings is 1. The Morgan fingerprint density at radius 3 is 2.55 bits per heavy atom. The number of aromatic carboxylic acids is 1. The lowest BCUT2D eigenvalue weighted by Crippen LogP contribution is -2.19. The minimum absolute atomic E-state index is 0.0525. The van der Waals surface area contributed by atoms with Gasteiger partial charge in [-0.25, -0.2) is 14.5 Å². The van der Waals surface area contributed by atoms with E-state index < -0.39 is 5.97 Å². The number of carbonyl (C=O) groups excluding carboxylic acids is 1. The Morgan fingerprint density at radius 2 is 1.85 bits per heavy atom. The summed E-state index contributed by atoms with van der Waals surface area (Å²) in [6.07, 6.45) is 10.8. The Hall–Kier alpha value is -3.35. The van der Waals surface area contributed by atoms with Crippen LogP contribution < -0.4 is 0 Å². The summed E-state index contributed by atoms with van der Waals surface area (Å²) in [6, 6.07) is 9.49. The molecule has 2 aromatic heterocycles. The first-order valence-electron chi connectivity index (χ1n) is 11.8. The Morgan fingerprint density at radius 1 is 1.09 bits per heavy atom. The van der Waals surface area contributed by atoms with E-state index in [9.17, 15) is 14.7 Å². The van der Waals surface area contributed by atoms with E-state index in [0.29, 0.717) is 17.8 Å². The molecule has 0 spiro atoms. The molecule has 0 atom stereocenters. The second-order valence-electron chi connectivity index (χ2n) is 8.73. The Kier molecular flexibility index (Phi) is 7.27. The van der Waals surface area contributed by atoms with Gasteiger partial charge in [0, 0.05) is 31.3 Å². The van der Waals surface area contributed by atoms with E-state index in [1.807, 2.05) is 28.9 Å². The number of hydrogen-bond donors (Lipinski definition) is 1. The van der Waals surface area contributed by atoms with Crippen molar-refractivity contribution in [1.29, 1.82) is 0 Å². The number of aromatic nitrogens is 4. The summed E-state index contributed by atoms with van der Waals surface area (Å²) < 4.78 is 1.89. The van der Waals surface area contributed by atoms with Crippen LogP contribution in [0.25, 0.3) is 11.1 Å². The van der Waals surface area contributed by atoms with E-state index in [1.165, 1.54) is 12.6 Å². The first kappa shape index (κ1) is 22.8. The van der Waals surface area contributed by atoms with Gasteiger partial charge >= 0.3 is 5.97 Å². The van der Waals surface area contributed by atoms with Crippen molar-refractivity contribution in [2.24, 2.45) is 5.92 Å². The fourth-order valence-electron chi connectivity index (χ4n) is 4.45. The molecule has 0 unspecified atom stereocenters. The SMILES string of the molecule is CCCCn1nc(C(=O)C2CCCCC2)nc1Cc1ccc(-c2ccncc2C(=O)O)cc1. The van der Waals surface area contributed by atoms with Gasteiger partial charge in [0.1, 0.15) is 5.82 Å². The van der Waals surface area contributed by atoms with Crippen LogP contribution in [0.5, 0.6) is 0 Å². The molecule has 1 fully saturated rings. The number of hydrogen-bond acceptors (Lipinski definition) is 5. The second kappa shape index (κ2) is 10.5. The highest BCUT2D eigenvalue weighted by atomic mass is 16.4. The fraction of sp³-hybridized carbons (Fsp3) is 0.423. The molecule has 0 amide bonds. The molecular weight excluding hydrogens is 416 g/mol. The molecule has 7 nitrogen and oxygen atoms in total. The van der Waals surface area contributed by atoms with Crippen LogP contribution in [0, 0.1) is 5.92 Å². The quantitative estimate of drug-likeness (QED) is 0.454. The number of nitrogens with zero attached hydrogens (tertiary/aromatic N) is 4. The van der Waals surface area contributed by atoms with E-state index in [0.717, 1.165) is 62.0 Å². The van der Waals surface area contributed by atoms with E-state index in [2.05, 4.69) is 22.0 Å². The summed E-state index contributed by atoms with van der Waals surface area (Å²) in [4.78, 5) is 33.1. The number of ketones is 1. The summed E-state index contributed by atoms with van der Waals surface area (Å²) in [5.74, 6) is 0.288. The maximum absolute atomic E-state index is 13.0. The minimum atomic E-state index is -0.999. The van der Waals surface area contributed by atoms with Crippen molar-refractivity contribution in [1.82, 2.24) is 19.7 Å². The normalized spacial score (nSPS) is 14.3. The van der Waals surface area contributed by atoms with Crippen LogP contribution >= 0.6 is 0 Å². The van der Waals surface area contributed by atoms with Gasteiger partial charge in [0.25, 0.3) is 0 Å². The largest absolute Gasteiger partial charge is 0.478 e. The summed E-state index contributed by atoms with van der Waals surface area (Å²) in [6.45, 7) is 2.88. The van der Waals surface area contributed by atoms with Crippen molar-refractivity contribution in [2.75, 3.05) is 0 Å². The van der Waals surface area contributed by atoms with Crippen LogP contribution in [0.1, 0.15) is 84.2 Å². The third-order valence-electron chi connectivity index (χ3n) is 6.35. The van der Waals surface area contributed by atoms with Crippen molar-refractivity contribution in [2.45, 2.75) is 64.8 Å². The highest BCUT2D eigenvalue weighted by Crippen LogP contribution is 2.27. The zero-order valence-electron chi connectivity index (χ0n) is 19.0. The zero-order chi connectivity index (χ0) is 23.2. The number of rotatable bonds is 9. The Labute approximate surface area is 193 Å². The van der Waals surface area contributed by atoms with Crippen LogP contribution in [0.4, 0.5) is 0 Å². The molecule has 7 heteroatoms. The number of aryl methyl sites for hydroxylation is 1. The number of carboxylic acids is 1. The second-order valence-corrected chi connectivity index (χ2v) is 8.73. The molecule has 1 aliphatic carbocycles. The zero-order valence-corrected chi connectivity index (χ0v) is 19.0. The minimum Gasteiger partial charge on any atom is -0.478 e. The molecule has 0 saturated heterocycles. The summed E-state index contributed by atoms with van der Waals surface area (Å²) in [7, 11) is 0.